The van der Waals surface area contributed by atoms with Gasteiger partial charge in [-0.3, -0.25) is 0 Å². The fourth-order valence-corrected chi connectivity index (χ4v) is 4.27. The van der Waals surface area contributed by atoms with E-state index in [1.807, 2.05) is 18.2 Å². The van der Waals surface area contributed by atoms with E-state index in [9.17, 15) is 4.79 Å². The molecule has 1 aliphatic carbocycles. The monoisotopic (exact) mass is 349 g/mol. The summed E-state index contributed by atoms with van der Waals surface area (Å²) in [6.45, 7) is 2.82. The summed E-state index contributed by atoms with van der Waals surface area (Å²) in [4.78, 5) is 15.7. The number of carbonyl (C=O) groups excluding carboxylic acids is 1. The molecule has 2 N–H and O–H groups in total. The van der Waals surface area contributed by atoms with Gasteiger partial charge in [-0.05, 0) is 50.7 Å². The van der Waals surface area contributed by atoms with Crippen LogP contribution in [-0.2, 0) is 0 Å². The number of thioether (sulfide) groups is 1. The van der Waals surface area contributed by atoms with Crippen LogP contribution in [0.3, 0.4) is 0 Å². The lowest BCUT2D eigenvalue weighted by molar-refractivity contribution is 0.167. The van der Waals surface area contributed by atoms with Gasteiger partial charge in [0.25, 0.3) is 0 Å². The van der Waals surface area contributed by atoms with Gasteiger partial charge >= 0.3 is 6.03 Å². The minimum absolute atomic E-state index is 0.109. The van der Waals surface area contributed by atoms with Crippen molar-refractivity contribution in [3.63, 3.8) is 0 Å². The van der Waals surface area contributed by atoms with E-state index in [0.29, 0.717) is 18.5 Å². The van der Waals surface area contributed by atoms with Crippen molar-refractivity contribution in [2.75, 3.05) is 31.7 Å². The molecule has 24 heavy (non-hydrogen) atoms. The molecule has 0 saturated heterocycles. The second kappa shape index (κ2) is 9.94. The van der Waals surface area contributed by atoms with E-state index < -0.39 is 0 Å². The second-order valence-electron chi connectivity index (χ2n) is 6.69. The van der Waals surface area contributed by atoms with Gasteiger partial charge in [0, 0.05) is 17.5 Å². The maximum Gasteiger partial charge on any atom is 0.319 e. The largest absolute Gasteiger partial charge is 0.336 e. The molecule has 2 rings (SSSR count). The zero-order chi connectivity index (χ0) is 17.4. The van der Waals surface area contributed by atoms with Gasteiger partial charge in [0.2, 0.25) is 0 Å². The normalized spacial score (nSPS) is 16.8. The Labute approximate surface area is 150 Å². The van der Waals surface area contributed by atoms with Crippen LogP contribution in [0, 0.1) is 5.92 Å². The average molecular weight is 350 g/mol. The number of likely N-dealkylation sites (N-methyl/N-ethyl adjacent to an activating group) is 1. The van der Waals surface area contributed by atoms with Crippen molar-refractivity contribution in [2.24, 2.45) is 5.92 Å². The highest BCUT2D eigenvalue weighted by Gasteiger charge is 2.25. The zero-order valence-electron chi connectivity index (χ0n) is 15.2. The summed E-state index contributed by atoms with van der Waals surface area (Å²) < 4.78 is 0. The highest BCUT2D eigenvalue weighted by atomic mass is 32.2. The molecular weight excluding hydrogens is 318 g/mol. The number of nitrogens with one attached hydrogen (secondary N) is 2. The van der Waals surface area contributed by atoms with Gasteiger partial charge in [0.05, 0.1) is 5.69 Å². The molecule has 5 heteroatoms. The fraction of sp³-hybridized carbons (Fsp3) is 0.632. The van der Waals surface area contributed by atoms with Crippen molar-refractivity contribution < 1.29 is 4.79 Å². The molecule has 1 saturated carbocycles. The minimum Gasteiger partial charge on any atom is -0.336 e. The number of benzene rings is 1. The summed E-state index contributed by atoms with van der Waals surface area (Å²) in [5.74, 6) is 1.68. The number of para-hydroxylation sites is 1. The number of amides is 2. The highest BCUT2D eigenvalue weighted by Crippen LogP contribution is 2.28. The molecule has 4 nitrogen and oxygen atoms in total. The first-order valence-electron chi connectivity index (χ1n) is 9.05. The van der Waals surface area contributed by atoms with Gasteiger partial charge in [-0.25, -0.2) is 4.79 Å². The lowest BCUT2D eigenvalue weighted by Gasteiger charge is -2.35. The minimum atomic E-state index is -0.109. The Morgan fingerprint density at radius 2 is 1.96 bits per heavy atom. The standard InChI is InChI=1S/C19H31N3OS/c1-4-24-18-13-9-8-12-16(18)21-19(23)20-14-17(22(2)3)15-10-6-5-7-11-15/h8-9,12-13,15,17H,4-7,10-11,14H2,1-3H3,(H2,20,21,23). The van der Waals surface area contributed by atoms with Gasteiger partial charge in [-0.2, -0.15) is 0 Å². The third kappa shape index (κ3) is 5.71. The molecule has 1 aliphatic rings. The molecule has 1 aromatic rings. The van der Waals surface area contributed by atoms with Gasteiger partial charge in [-0.1, -0.05) is 38.3 Å². The summed E-state index contributed by atoms with van der Waals surface area (Å²) in [6.07, 6.45) is 6.56. The molecule has 1 unspecified atom stereocenters. The van der Waals surface area contributed by atoms with Crippen molar-refractivity contribution in [1.82, 2.24) is 10.2 Å². The van der Waals surface area contributed by atoms with Crippen LogP contribution >= 0.6 is 11.8 Å². The number of urea groups is 1. The van der Waals surface area contributed by atoms with Gasteiger partial charge in [0.15, 0.2) is 0 Å². The van der Waals surface area contributed by atoms with Crippen LogP contribution < -0.4 is 10.6 Å². The van der Waals surface area contributed by atoms with Gasteiger partial charge in [-0.15, -0.1) is 11.8 Å². The number of nitrogens with zero attached hydrogens (tertiary/aromatic N) is 1. The predicted molar refractivity (Wildman–Crippen MR) is 104 cm³/mol. The van der Waals surface area contributed by atoms with Crippen LogP contribution in [0.4, 0.5) is 10.5 Å². The summed E-state index contributed by atoms with van der Waals surface area (Å²) in [5, 5.41) is 6.08. The van der Waals surface area contributed by atoms with E-state index in [2.05, 4.69) is 42.6 Å². The highest BCUT2D eigenvalue weighted by molar-refractivity contribution is 7.99. The van der Waals surface area contributed by atoms with Crippen LogP contribution in [0.5, 0.6) is 0 Å². The van der Waals surface area contributed by atoms with Crippen molar-refractivity contribution in [2.45, 2.75) is 50.0 Å². The van der Waals surface area contributed by atoms with Gasteiger partial charge < -0.3 is 15.5 Å². The number of hydrogen-bond acceptors (Lipinski definition) is 3. The Hall–Kier alpha value is -1.20. The zero-order valence-corrected chi connectivity index (χ0v) is 16.0. The number of carbonyl (C=O) groups is 1. The molecule has 0 aliphatic heterocycles. The van der Waals surface area contributed by atoms with Crippen molar-refractivity contribution in [1.29, 1.82) is 0 Å². The van der Waals surface area contributed by atoms with Crippen molar-refractivity contribution >= 4 is 23.5 Å². The molecule has 1 fully saturated rings. The first-order valence-corrected chi connectivity index (χ1v) is 10.0. The Balaban J connectivity index is 1.89. The van der Waals surface area contributed by atoms with Crippen molar-refractivity contribution in [3.8, 4) is 0 Å². The second-order valence-corrected chi connectivity index (χ2v) is 8.00. The molecule has 1 aromatic carbocycles. The lowest BCUT2D eigenvalue weighted by atomic mass is 9.83. The summed E-state index contributed by atoms with van der Waals surface area (Å²) in [7, 11) is 4.23. The molecule has 0 heterocycles. The quantitative estimate of drug-likeness (QED) is 0.716. The Kier molecular flexibility index (Phi) is 7.92. The van der Waals surface area contributed by atoms with E-state index in [1.165, 1.54) is 32.1 Å². The van der Waals surface area contributed by atoms with E-state index in [4.69, 9.17) is 0 Å². The maximum atomic E-state index is 12.3. The Bertz CT molecular complexity index is 515. The van der Waals surface area contributed by atoms with E-state index in [1.54, 1.807) is 11.8 Å². The molecule has 0 radical (unpaired) electrons. The molecule has 0 bridgehead atoms. The van der Waals surface area contributed by atoms with Crippen LogP contribution in [0.25, 0.3) is 0 Å². The molecule has 134 valence electrons. The summed E-state index contributed by atoms with van der Waals surface area (Å²) in [5.41, 5.74) is 0.890. The SMILES string of the molecule is CCSc1ccccc1NC(=O)NCC(C1CCCCC1)N(C)C. The molecular formula is C19H31N3OS. The number of anilines is 1. The van der Waals surface area contributed by atoms with Crippen molar-refractivity contribution in [3.05, 3.63) is 24.3 Å². The van der Waals surface area contributed by atoms with E-state index in [-0.39, 0.29) is 6.03 Å². The maximum absolute atomic E-state index is 12.3. The van der Waals surface area contributed by atoms with Gasteiger partial charge in [0.1, 0.15) is 0 Å². The predicted octanol–water partition coefficient (Wildman–Crippen LogP) is 4.43. The summed E-state index contributed by atoms with van der Waals surface area (Å²) in [6, 6.07) is 8.28. The lowest BCUT2D eigenvalue weighted by Crippen LogP contribution is -2.46. The fourth-order valence-electron chi connectivity index (χ4n) is 3.50. The molecule has 1 atom stereocenters. The van der Waals surface area contributed by atoms with E-state index in [0.717, 1.165) is 16.3 Å². The smallest absolute Gasteiger partial charge is 0.319 e. The van der Waals surface area contributed by atoms with Crippen LogP contribution in [-0.4, -0.2) is 43.4 Å². The molecule has 0 aromatic heterocycles. The first kappa shape index (κ1) is 19.1. The molecule has 2 amide bonds. The molecule has 0 spiro atoms. The van der Waals surface area contributed by atoms with E-state index >= 15 is 0 Å². The Morgan fingerprint density at radius 3 is 2.62 bits per heavy atom. The first-order chi connectivity index (χ1) is 11.6. The van der Waals surface area contributed by atoms with Crippen LogP contribution in [0.15, 0.2) is 29.2 Å². The summed E-state index contributed by atoms with van der Waals surface area (Å²) >= 11 is 1.75. The topological polar surface area (TPSA) is 44.4 Å². The van der Waals surface area contributed by atoms with Crippen LogP contribution in [0.1, 0.15) is 39.0 Å². The number of hydrogen-bond donors (Lipinski definition) is 2. The number of rotatable bonds is 7. The Morgan fingerprint density at radius 1 is 1.25 bits per heavy atom. The third-order valence-corrected chi connectivity index (χ3v) is 5.72. The average Bonchev–Trinajstić information content (AvgIpc) is 2.58. The third-order valence-electron chi connectivity index (χ3n) is 4.76. The van der Waals surface area contributed by atoms with Crippen LogP contribution in [0.2, 0.25) is 0 Å².